The summed E-state index contributed by atoms with van der Waals surface area (Å²) in [6.45, 7) is -1.24. The Bertz CT molecular complexity index is 489. The monoisotopic (exact) mass is 290 g/mol. The molecule has 1 aromatic rings. The summed E-state index contributed by atoms with van der Waals surface area (Å²) < 4.78 is 49.1. The van der Waals surface area contributed by atoms with Gasteiger partial charge in [0.15, 0.2) is 0 Å². The van der Waals surface area contributed by atoms with Gasteiger partial charge in [0.05, 0.1) is 19.3 Å². The summed E-state index contributed by atoms with van der Waals surface area (Å²) in [7, 11) is 1.47. The van der Waals surface area contributed by atoms with Crippen LogP contribution in [0, 0.1) is 11.8 Å². The third-order valence-corrected chi connectivity index (χ3v) is 2.10. The predicted octanol–water partition coefficient (Wildman–Crippen LogP) is 1.95. The molecule has 0 amide bonds. The lowest BCUT2D eigenvalue weighted by Crippen LogP contribution is -2.18. The van der Waals surface area contributed by atoms with Gasteiger partial charge in [-0.1, -0.05) is 11.8 Å². The smallest absolute Gasteiger partial charge is 0.497 e. The molecule has 0 aliphatic carbocycles. The first kappa shape index (κ1) is 16.1. The summed E-state index contributed by atoms with van der Waals surface area (Å²) in [6.07, 6.45) is -4.68. The van der Waals surface area contributed by atoms with E-state index in [1.807, 2.05) is 0 Å². The van der Waals surface area contributed by atoms with E-state index in [2.05, 4.69) is 16.6 Å². The van der Waals surface area contributed by atoms with E-state index in [0.717, 1.165) is 0 Å². The van der Waals surface area contributed by atoms with Gasteiger partial charge >= 0.3 is 6.36 Å². The van der Waals surface area contributed by atoms with Gasteiger partial charge in [-0.05, 0) is 18.2 Å². The molecule has 0 saturated carbocycles. The third-order valence-electron chi connectivity index (χ3n) is 2.10. The summed E-state index contributed by atoms with van der Waals surface area (Å²) in [4.78, 5) is 0. The molecule has 1 N–H and O–H groups in total. The Hall–Kier alpha value is -1.91. The lowest BCUT2D eigenvalue weighted by Gasteiger charge is -2.11. The van der Waals surface area contributed by atoms with Gasteiger partial charge in [-0.2, -0.15) is 0 Å². The largest absolute Gasteiger partial charge is 0.522 e. The van der Waals surface area contributed by atoms with Crippen molar-refractivity contribution in [3.63, 3.8) is 0 Å². The SMILES string of the molecule is COc1ccc(OCCOC(F)(F)F)c(C#CCO)c1. The maximum atomic E-state index is 11.8. The van der Waals surface area contributed by atoms with Crippen molar-refractivity contribution < 1.29 is 32.5 Å². The molecule has 0 unspecified atom stereocenters. The lowest BCUT2D eigenvalue weighted by molar-refractivity contribution is -0.325. The molecule has 0 saturated heterocycles. The number of hydrogen-bond donors (Lipinski definition) is 1. The Morgan fingerprint density at radius 1 is 1.25 bits per heavy atom. The van der Waals surface area contributed by atoms with Crippen LogP contribution in [0.1, 0.15) is 5.56 Å². The second kappa shape index (κ2) is 7.62. The molecule has 1 aromatic carbocycles. The molecule has 0 aliphatic rings. The molecule has 0 heterocycles. The molecule has 0 radical (unpaired) electrons. The Labute approximate surface area is 114 Å². The first-order valence-corrected chi connectivity index (χ1v) is 5.57. The zero-order valence-electron chi connectivity index (χ0n) is 10.7. The quantitative estimate of drug-likeness (QED) is 0.665. The van der Waals surface area contributed by atoms with Gasteiger partial charge in [0.1, 0.15) is 24.7 Å². The molecule has 0 spiro atoms. The van der Waals surface area contributed by atoms with Crippen molar-refractivity contribution in [2.24, 2.45) is 0 Å². The average molecular weight is 290 g/mol. The van der Waals surface area contributed by atoms with E-state index >= 15 is 0 Å². The summed E-state index contributed by atoms with van der Waals surface area (Å²) in [5, 5.41) is 8.66. The highest BCUT2D eigenvalue weighted by Crippen LogP contribution is 2.23. The molecule has 110 valence electrons. The fourth-order valence-corrected chi connectivity index (χ4v) is 1.30. The molecular weight excluding hydrogens is 277 g/mol. The van der Waals surface area contributed by atoms with Crippen LogP contribution in [0.15, 0.2) is 18.2 Å². The topological polar surface area (TPSA) is 47.9 Å². The highest BCUT2D eigenvalue weighted by Gasteiger charge is 2.28. The van der Waals surface area contributed by atoms with Crippen molar-refractivity contribution in [3.8, 4) is 23.3 Å². The molecule has 4 nitrogen and oxygen atoms in total. The van der Waals surface area contributed by atoms with E-state index in [1.165, 1.54) is 13.2 Å². The van der Waals surface area contributed by atoms with Crippen LogP contribution < -0.4 is 9.47 Å². The van der Waals surface area contributed by atoms with Crippen molar-refractivity contribution >= 4 is 0 Å². The van der Waals surface area contributed by atoms with Gasteiger partial charge in [0.2, 0.25) is 0 Å². The highest BCUT2D eigenvalue weighted by atomic mass is 19.4. The van der Waals surface area contributed by atoms with Crippen LogP contribution in [0.3, 0.4) is 0 Å². The standard InChI is InChI=1S/C13H13F3O4/c1-18-11-4-5-12(10(9-11)3-2-6-17)19-7-8-20-13(14,15)16/h4-5,9,17H,6-8H2,1H3. The number of aliphatic hydroxyl groups excluding tert-OH is 1. The number of ether oxygens (including phenoxy) is 3. The average Bonchev–Trinajstić information content (AvgIpc) is 2.40. The van der Waals surface area contributed by atoms with Crippen LogP contribution in [0.5, 0.6) is 11.5 Å². The number of aliphatic hydroxyl groups is 1. The van der Waals surface area contributed by atoms with Gasteiger partial charge in [-0.3, -0.25) is 4.74 Å². The van der Waals surface area contributed by atoms with Gasteiger partial charge < -0.3 is 14.6 Å². The van der Waals surface area contributed by atoms with E-state index in [4.69, 9.17) is 14.6 Å². The van der Waals surface area contributed by atoms with E-state index in [0.29, 0.717) is 11.3 Å². The number of halogens is 3. The molecule has 0 atom stereocenters. The second-order valence-corrected chi connectivity index (χ2v) is 3.46. The van der Waals surface area contributed by atoms with Crippen molar-refractivity contribution in [1.29, 1.82) is 0 Å². The Morgan fingerprint density at radius 3 is 2.60 bits per heavy atom. The van der Waals surface area contributed by atoms with E-state index in [9.17, 15) is 13.2 Å². The van der Waals surface area contributed by atoms with Crippen molar-refractivity contribution in [3.05, 3.63) is 23.8 Å². The van der Waals surface area contributed by atoms with Crippen LogP contribution in [0.4, 0.5) is 13.2 Å². The van der Waals surface area contributed by atoms with E-state index < -0.39 is 13.0 Å². The zero-order valence-corrected chi connectivity index (χ0v) is 10.7. The normalized spacial score (nSPS) is 10.7. The van der Waals surface area contributed by atoms with Gasteiger partial charge in [0, 0.05) is 0 Å². The van der Waals surface area contributed by atoms with Crippen molar-refractivity contribution in [1.82, 2.24) is 0 Å². The summed E-state index contributed by atoms with van der Waals surface area (Å²) in [6, 6.07) is 4.67. The van der Waals surface area contributed by atoms with Crippen LogP contribution in [0.25, 0.3) is 0 Å². The number of alkyl halides is 3. The fourth-order valence-electron chi connectivity index (χ4n) is 1.30. The minimum Gasteiger partial charge on any atom is -0.497 e. The van der Waals surface area contributed by atoms with Crippen LogP contribution in [-0.4, -0.2) is 38.4 Å². The number of benzene rings is 1. The third kappa shape index (κ3) is 5.82. The molecule has 0 bridgehead atoms. The molecule has 7 heteroatoms. The molecule has 0 fully saturated rings. The summed E-state index contributed by atoms with van der Waals surface area (Å²) >= 11 is 0. The number of hydrogen-bond acceptors (Lipinski definition) is 4. The van der Waals surface area contributed by atoms with Gasteiger partial charge in [-0.25, -0.2) is 0 Å². The van der Waals surface area contributed by atoms with Gasteiger partial charge in [-0.15, -0.1) is 13.2 Å². The maximum Gasteiger partial charge on any atom is 0.522 e. The lowest BCUT2D eigenvalue weighted by atomic mass is 10.2. The summed E-state index contributed by atoms with van der Waals surface area (Å²) in [5.41, 5.74) is 0.408. The minimum absolute atomic E-state index is 0.278. The van der Waals surface area contributed by atoms with Crippen LogP contribution in [-0.2, 0) is 4.74 Å². The van der Waals surface area contributed by atoms with Crippen LogP contribution in [0.2, 0.25) is 0 Å². The minimum atomic E-state index is -4.68. The predicted molar refractivity (Wildman–Crippen MR) is 64.5 cm³/mol. The van der Waals surface area contributed by atoms with Gasteiger partial charge in [0.25, 0.3) is 0 Å². The van der Waals surface area contributed by atoms with Crippen molar-refractivity contribution in [2.45, 2.75) is 6.36 Å². The number of methoxy groups -OCH3 is 1. The summed E-state index contributed by atoms with van der Waals surface area (Å²) in [5.74, 6) is 5.87. The van der Waals surface area contributed by atoms with E-state index in [1.54, 1.807) is 12.1 Å². The molecular formula is C13H13F3O4. The molecule has 20 heavy (non-hydrogen) atoms. The first-order chi connectivity index (χ1) is 9.46. The second-order valence-electron chi connectivity index (χ2n) is 3.46. The van der Waals surface area contributed by atoms with Crippen LogP contribution >= 0.6 is 0 Å². The Morgan fingerprint density at radius 2 is 2.00 bits per heavy atom. The number of rotatable bonds is 5. The van der Waals surface area contributed by atoms with E-state index in [-0.39, 0.29) is 19.0 Å². The van der Waals surface area contributed by atoms with Crippen molar-refractivity contribution in [2.75, 3.05) is 26.9 Å². The highest BCUT2D eigenvalue weighted by molar-refractivity contribution is 5.50. The molecule has 1 rings (SSSR count). The zero-order chi connectivity index (χ0) is 15.0. The first-order valence-electron chi connectivity index (χ1n) is 5.57. The fraction of sp³-hybridized carbons (Fsp3) is 0.385. The Balaban J connectivity index is 2.68. The maximum absolute atomic E-state index is 11.8. The molecule has 0 aromatic heterocycles. The molecule has 0 aliphatic heterocycles. The Kier molecular flexibility index (Phi) is 6.15.